The van der Waals surface area contributed by atoms with Crippen molar-refractivity contribution >= 4 is 21.9 Å². The molecule has 0 bridgehead atoms. The fourth-order valence-corrected chi connectivity index (χ4v) is 5.72. The first-order chi connectivity index (χ1) is 20.3. The molecule has 8 nitrogen and oxygen atoms in total. The third-order valence-electron chi connectivity index (χ3n) is 7.56. The Hall–Kier alpha value is -5.44. The first kappa shape index (κ1) is 25.5. The van der Waals surface area contributed by atoms with Crippen molar-refractivity contribution in [3.8, 4) is 56.4 Å². The van der Waals surface area contributed by atoms with Gasteiger partial charge in [-0.25, -0.2) is 0 Å². The lowest BCUT2D eigenvalue weighted by molar-refractivity contribution is 0.276. The molecule has 0 aromatic heterocycles. The molecule has 0 unspecified atom stereocenters. The van der Waals surface area contributed by atoms with Gasteiger partial charge in [0.25, 0.3) is 0 Å². The zero-order chi connectivity index (χ0) is 29.1. The SMILES string of the molecule is O=c1ccc2c(-c3cc(-c4c5ccc(=O)cc-5oc5cc(O)ccc45)c(CO)cc3CO)c3ccc(O)cc3oc-2c1. The summed E-state index contributed by atoms with van der Waals surface area (Å²) in [5.74, 6) is 0.585. The van der Waals surface area contributed by atoms with Gasteiger partial charge in [-0.15, -0.1) is 0 Å². The molecule has 0 atom stereocenters. The molecule has 206 valence electrons. The smallest absolute Gasteiger partial charge is 0.182 e. The quantitative estimate of drug-likeness (QED) is 0.198. The first-order valence-electron chi connectivity index (χ1n) is 13.1. The van der Waals surface area contributed by atoms with Gasteiger partial charge in [0.2, 0.25) is 0 Å². The maximum atomic E-state index is 12.3. The fourth-order valence-electron chi connectivity index (χ4n) is 5.72. The van der Waals surface area contributed by atoms with Crippen LogP contribution in [0.1, 0.15) is 11.1 Å². The zero-order valence-corrected chi connectivity index (χ0v) is 21.9. The maximum absolute atomic E-state index is 12.3. The summed E-state index contributed by atoms with van der Waals surface area (Å²) in [5, 5.41) is 42.7. The number of hydrogen-bond acceptors (Lipinski definition) is 8. The molecule has 2 heterocycles. The van der Waals surface area contributed by atoms with Gasteiger partial charge in [-0.1, -0.05) is 0 Å². The van der Waals surface area contributed by atoms with Crippen LogP contribution >= 0.6 is 0 Å². The highest BCUT2D eigenvalue weighted by Gasteiger charge is 2.24. The molecule has 0 fully saturated rings. The number of phenolic OH excluding ortho intramolecular Hbond substituents is 2. The van der Waals surface area contributed by atoms with E-state index in [1.54, 1.807) is 30.3 Å². The first-order valence-corrected chi connectivity index (χ1v) is 13.1. The van der Waals surface area contributed by atoms with Gasteiger partial charge in [0.1, 0.15) is 34.2 Å². The number of phenols is 2. The Morgan fingerprint density at radius 3 is 1.38 bits per heavy atom. The van der Waals surface area contributed by atoms with Crippen LogP contribution in [-0.2, 0) is 13.2 Å². The van der Waals surface area contributed by atoms with E-state index in [-0.39, 0.29) is 35.6 Å². The Bertz CT molecular complexity index is 2090. The van der Waals surface area contributed by atoms with Crippen molar-refractivity contribution in [3.05, 3.63) is 117 Å². The van der Waals surface area contributed by atoms with Crippen molar-refractivity contribution in [3.63, 3.8) is 0 Å². The van der Waals surface area contributed by atoms with Crippen molar-refractivity contribution in [1.82, 2.24) is 0 Å². The molecule has 4 aliphatic rings. The van der Waals surface area contributed by atoms with E-state index in [0.717, 1.165) is 0 Å². The zero-order valence-electron chi connectivity index (χ0n) is 21.9. The molecule has 0 saturated carbocycles. The summed E-state index contributed by atoms with van der Waals surface area (Å²) in [6, 6.07) is 21.9. The Kier molecular flexibility index (Phi) is 5.83. The Labute approximate surface area is 237 Å². The van der Waals surface area contributed by atoms with E-state index in [0.29, 0.717) is 78.0 Å². The second kappa shape index (κ2) is 9.59. The minimum absolute atomic E-state index is 0.0134. The van der Waals surface area contributed by atoms with E-state index in [1.807, 2.05) is 6.07 Å². The Morgan fingerprint density at radius 2 is 0.952 bits per heavy atom. The summed E-state index contributed by atoms with van der Waals surface area (Å²) in [5.41, 5.74) is 5.00. The lowest BCUT2D eigenvalue weighted by Gasteiger charge is -2.22. The second-order valence-electron chi connectivity index (χ2n) is 10.1. The van der Waals surface area contributed by atoms with Gasteiger partial charge in [0.15, 0.2) is 10.9 Å². The third-order valence-corrected chi connectivity index (χ3v) is 7.56. The van der Waals surface area contributed by atoms with Gasteiger partial charge < -0.3 is 29.3 Å². The van der Waals surface area contributed by atoms with E-state index in [4.69, 9.17) is 8.83 Å². The lowest BCUT2D eigenvalue weighted by Crippen LogP contribution is -2.04. The molecule has 3 aromatic rings. The Morgan fingerprint density at radius 1 is 0.500 bits per heavy atom. The topological polar surface area (TPSA) is 141 Å². The van der Waals surface area contributed by atoms with Crippen molar-refractivity contribution in [2.45, 2.75) is 13.2 Å². The number of hydrogen-bond donors (Lipinski definition) is 4. The van der Waals surface area contributed by atoms with Crippen LogP contribution in [0.25, 0.3) is 66.8 Å². The van der Waals surface area contributed by atoms with E-state index < -0.39 is 0 Å². The van der Waals surface area contributed by atoms with Gasteiger partial charge in [0, 0.05) is 57.3 Å². The molecule has 7 rings (SSSR count). The monoisotopic (exact) mass is 558 g/mol. The standard InChI is InChI=1S/C34H22O8/c35-15-17-9-18(16-36)28(34-25-7-3-21(39)12-31(25)42-32-13-22(40)4-8-26(32)34)14-27(17)33-23-5-1-19(37)10-29(23)41-30-11-20(38)2-6-24(30)33/h1-14,35-37,39H,15-16H2. The van der Waals surface area contributed by atoms with Crippen LogP contribution in [0, 0.1) is 0 Å². The van der Waals surface area contributed by atoms with Gasteiger partial charge in [0.05, 0.1) is 13.2 Å². The summed E-state index contributed by atoms with van der Waals surface area (Å²) in [6.45, 7) is -0.706. The summed E-state index contributed by atoms with van der Waals surface area (Å²) in [7, 11) is 0. The average Bonchev–Trinajstić information content (AvgIpc) is 2.97. The minimum atomic E-state index is -0.353. The molecule has 0 radical (unpaired) electrons. The van der Waals surface area contributed by atoms with E-state index in [1.165, 1.54) is 48.5 Å². The van der Waals surface area contributed by atoms with E-state index >= 15 is 0 Å². The van der Waals surface area contributed by atoms with Crippen LogP contribution < -0.4 is 10.9 Å². The van der Waals surface area contributed by atoms with Crippen LogP contribution in [0.15, 0.2) is 103 Å². The summed E-state index contributed by atoms with van der Waals surface area (Å²) < 4.78 is 12.0. The van der Waals surface area contributed by atoms with Gasteiger partial charge in [-0.05, 0) is 82.9 Å². The largest absolute Gasteiger partial charge is 0.508 e. The van der Waals surface area contributed by atoms with E-state index in [2.05, 4.69) is 0 Å². The molecule has 2 aliphatic carbocycles. The van der Waals surface area contributed by atoms with Crippen molar-refractivity contribution in [1.29, 1.82) is 0 Å². The number of aliphatic hydroxyl groups is 2. The number of aromatic hydroxyl groups is 2. The summed E-state index contributed by atoms with van der Waals surface area (Å²) >= 11 is 0. The van der Waals surface area contributed by atoms with Crippen LogP contribution in [0.5, 0.6) is 11.5 Å². The van der Waals surface area contributed by atoms with Crippen molar-refractivity contribution < 1.29 is 29.3 Å². The molecule has 0 spiro atoms. The fraction of sp³-hybridized carbons (Fsp3) is 0.0588. The molecule has 2 aliphatic heterocycles. The van der Waals surface area contributed by atoms with Gasteiger partial charge >= 0.3 is 0 Å². The van der Waals surface area contributed by atoms with Gasteiger partial charge in [-0.2, -0.15) is 0 Å². The van der Waals surface area contributed by atoms with Crippen molar-refractivity contribution in [2.75, 3.05) is 0 Å². The third kappa shape index (κ3) is 4.01. The molecule has 42 heavy (non-hydrogen) atoms. The molecule has 0 amide bonds. The predicted octanol–water partition coefficient (Wildman–Crippen LogP) is 5.84. The molecule has 0 saturated heterocycles. The van der Waals surface area contributed by atoms with Crippen molar-refractivity contribution in [2.24, 2.45) is 0 Å². The molecular formula is C34H22O8. The highest BCUT2D eigenvalue weighted by Crippen LogP contribution is 2.47. The van der Waals surface area contributed by atoms with Crippen LogP contribution in [0.2, 0.25) is 0 Å². The van der Waals surface area contributed by atoms with E-state index in [9.17, 15) is 30.0 Å². The van der Waals surface area contributed by atoms with Crippen LogP contribution in [0.3, 0.4) is 0 Å². The Balaban J connectivity index is 1.65. The summed E-state index contributed by atoms with van der Waals surface area (Å²) in [6.07, 6.45) is 0. The average molecular weight is 559 g/mol. The lowest BCUT2D eigenvalue weighted by atomic mass is 9.84. The minimum Gasteiger partial charge on any atom is -0.508 e. The normalized spacial score (nSPS) is 11.7. The number of rotatable bonds is 4. The predicted molar refractivity (Wildman–Crippen MR) is 158 cm³/mol. The van der Waals surface area contributed by atoms with Crippen LogP contribution in [-0.4, -0.2) is 20.4 Å². The maximum Gasteiger partial charge on any atom is 0.182 e. The number of fused-ring (bicyclic) bond motifs is 4. The highest BCUT2D eigenvalue weighted by molar-refractivity contribution is 6.06. The molecule has 8 heteroatoms. The summed E-state index contributed by atoms with van der Waals surface area (Å²) in [4.78, 5) is 24.5. The second-order valence-corrected chi connectivity index (χ2v) is 10.1. The van der Waals surface area contributed by atoms with Gasteiger partial charge in [-0.3, -0.25) is 9.59 Å². The molecule has 4 N–H and O–H groups in total. The molecule has 3 aromatic carbocycles. The number of benzene rings is 5. The van der Waals surface area contributed by atoms with Crippen LogP contribution in [0.4, 0.5) is 0 Å². The highest BCUT2D eigenvalue weighted by atomic mass is 16.3. The molecular weight excluding hydrogens is 536 g/mol. The number of aliphatic hydroxyl groups excluding tert-OH is 2.